The van der Waals surface area contributed by atoms with Crippen LogP contribution < -0.4 is 14.5 Å². The maximum absolute atomic E-state index is 13.0. The maximum atomic E-state index is 13.0. The molecule has 10 heteroatoms. The molecule has 3 aromatic rings. The molecule has 7 nitrogen and oxygen atoms in total. The molecule has 0 bridgehead atoms. The highest BCUT2D eigenvalue weighted by Crippen LogP contribution is 2.28. The van der Waals surface area contributed by atoms with Crippen LogP contribution in [0.1, 0.15) is 5.82 Å². The Bertz CT molecular complexity index is 949. The predicted octanol–water partition coefficient (Wildman–Crippen LogP) is 2.48. The molecule has 2 aromatic heterocycles. The van der Waals surface area contributed by atoms with Crippen molar-refractivity contribution in [3.8, 4) is 5.75 Å². The van der Waals surface area contributed by atoms with Crippen LogP contribution in [0.15, 0.2) is 36.4 Å². The Morgan fingerprint density at radius 3 is 2.41 bits per heavy atom. The van der Waals surface area contributed by atoms with E-state index < -0.39 is 12.0 Å². The number of aromatic nitrogens is 4. The van der Waals surface area contributed by atoms with Crippen molar-refractivity contribution in [3.63, 3.8) is 0 Å². The third-order valence-electron chi connectivity index (χ3n) is 4.52. The van der Waals surface area contributed by atoms with Crippen molar-refractivity contribution >= 4 is 17.2 Å². The Morgan fingerprint density at radius 1 is 0.963 bits per heavy atom. The number of anilines is 2. The summed E-state index contributed by atoms with van der Waals surface area (Å²) in [6.07, 6.45) is -4.60. The van der Waals surface area contributed by atoms with Gasteiger partial charge in [0.05, 0.1) is 7.11 Å². The Balaban J connectivity index is 1.52. The average Bonchev–Trinajstić information content (AvgIpc) is 3.12. The number of piperazine rings is 1. The van der Waals surface area contributed by atoms with Crippen LogP contribution in [-0.2, 0) is 6.18 Å². The monoisotopic (exact) mass is 378 g/mol. The molecule has 0 N–H and O–H groups in total. The molecule has 0 spiro atoms. The van der Waals surface area contributed by atoms with E-state index in [9.17, 15) is 13.2 Å². The first kappa shape index (κ1) is 17.4. The van der Waals surface area contributed by atoms with E-state index in [0.717, 1.165) is 29.0 Å². The fourth-order valence-corrected chi connectivity index (χ4v) is 3.13. The highest BCUT2D eigenvalue weighted by atomic mass is 19.4. The molecule has 0 aliphatic carbocycles. The molecule has 1 saturated heterocycles. The van der Waals surface area contributed by atoms with E-state index in [0.29, 0.717) is 18.9 Å². The van der Waals surface area contributed by atoms with E-state index in [1.165, 1.54) is 6.07 Å². The third-order valence-corrected chi connectivity index (χ3v) is 4.52. The van der Waals surface area contributed by atoms with Gasteiger partial charge in [-0.1, -0.05) is 6.07 Å². The van der Waals surface area contributed by atoms with Crippen LogP contribution in [0.5, 0.6) is 5.75 Å². The summed E-state index contributed by atoms with van der Waals surface area (Å²) in [6.45, 7) is 2.72. The van der Waals surface area contributed by atoms with Gasteiger partial charge < -0.3 is 14.5 Å². The van der Waals surface area contributed by atoms with E-state index in [1.807, 2.05) is 29.2 Å². The second kappa shape index (κ2) is 6.60. The molecule has 1 aromatic carbocycles. The van der Waals surface area contributed by atoms with Crippen molar-refractivity contribution in [2.75, 3.05) is 43.1 Å². The number of benzene rings is 1. The molecular formula is C17H17F3N6O. The fraction of sp³-hybridized carbons (Fsp3) is 0.353. The normalized spacial score (nSPS) is 15.4. The van der Waals surface area contributed by atoms with Gasteiger partial charge in [-0.25, -0.2) is 0 Å². The molecule has 1 aliphatic rings. The molecule has 3 heterocycles. The number of rotatable bonds is 3. The molecule has 1 fully saturated rings. The SMILES string of the molecule is COc1cccc(N2CCN(c3ccc4nnc(C(F)(F)F)n4n3)CC2)c1. The van der Waals surface area contributed by atoms with Gasteiger partial charge in [0.25, 0.3) is 5.82 Å². The lowest BCUT2D eigenvalue weighted by Gasteiger charge is -2.36. The third kappa shape index (κ3) is 3.34. The summed E-state index contributed by atoms with van der Waals surface area (Å²) in [5.41, 5.74) is 1.12. The zero-order chi connectivity index (χ0) is 19.0. The van der Waals surface area contributed by atoms with Gasteiger partial charge >= 0.3 is 6.18 Å². The first-order valence-corrected chi connectivity index (χ1v) is 8.39. The molecule has 0 atom stereocenters. The Morgan fingerprint density at radius 2 is 1.70 bits per heavy atom. The summed E-state index contributed by atoms with van der Waals surface area (Å²) in [5.74, 6) is 0.141. The summed E-state index contributed by atoms with van der Waals surface area (Å²) in [6, 6.07) is 11.0. The second-order valence-corrected chi connectivity index (χ2v) is 6.16. The van der Waals surface area contributed by atoms with Crippen molar-refractivity contribution in [3.05, 3.63) is 42.2 Å². The van der Waals surface area contributed by atoms with E-state index in [1.54, 1.807) is 13.2 Å². The summed E-state index contributed by atoms with van der Waals surface area (Å²) in [7, 11) is 1.62. The van der Waals surface area contributed by atoms with Crippen molar-refractivity contribution in [1.82, 2.24) is 19.8 Å². The molecule has 0 radical (unpaired) electrons. The molecule has 27 heavy (non-hydrogen) atoms. The van der Waals surface area contributed by atoms with Crippen LogP contribution in [0.3, 0.4) is 0 Å². The van der Waals surface area contributed by atoms with Gasteiger partial charge in [-0.3, -0.25) is 0 Å². The first-order valence-electron chi connectivity index (χ1n) is 8.39. The minimum Gasteiger partial charge on any atom is -0.497 e. The minimum absolute atomic E-state index is 0.0705. The van der Waals surface area contributed by atoms with Crippen LogP contribution in [0.25, 0.3) is 5.65 Å². The number of nitrogens with zero attached hydrogens (tertiary/aromatic N) is 6. The van der Waals surface area contributed by atoms with E-state index in [2.05, 4.69) is 20.2 Å². The van der Waals surface area contributed by atoms with Gasteiger partial charge in [-0.05, 0) is 24.3 Å². The van der Waals surface area contributed by atoms with Gasteiger partial charge in [0.2, 0.25) is 0 Å². The second-order valence-electron chi connectivity index (χ2n) is 6.16. The maximum Gasteiger partial charge on any atom is 0.453 e. The summed E-state index contributed by atoms with van der Waals surface area (Å²) >= 11 is 0. The smallest absolute Gasteiger partial charge is 0.453 e. The highest BCUT2D eigenvalue weighted by molar-refractivity contribution is 5.53. The van der Waals surface area contributed by atoms with Crippen LogP contribution in [-0.4, -0.2) is 53.1 Å². The number of alkyl halides is 3. The van der Waals surface area contributed by atoms with E-state index in [4.69, 9.17) is 4.74 Å². The first-order chi connectivity index (χ1) is 13.0. The molecule has 0 unspecified atom stereocenters. The Labute approximate surface area is 153 Å². The number of methoxy groups -OCH3 is 1. The number of ether oxygens (including phenoxy) is 1. The number of hydrogen-bond acceptors (Lipinski definition) is 6. The van der Waals surface area contributed by atoms with Crippen LogP contribution in [0, 0.1) is 0 Å². The van der Waals surface area contributed by atoms with Crippen molar-refractivity contribution < 1.29 is 17.9 Å². The van der Waals surface area contributed by atoms with Crippen molar-refractivity contribution in [1.29, 1.82) is 0 Å². The Kier molecular flexibility index (Phi) is 4.25. The van der Waals surface area contributed by atoms with Gasteiger partial charge in [0, 0.05) is 37.9 Å². The molecule has 0 saturated carbocycles. The van der Waals surface area contributed by atoms with Gasteiger partial charge in [-0.15, -0.1) is 15.3 Å². The summed E-state index contributed by atoms with van der Waals surface area (Å²) < 4.78 is 45.1. The van der Waals surface area contributed by atoms with Crippen molar-refractivity contribution in [2.24, 2.45) is 0 Å². The lowest BCUT2D eigenvalue weighted by atomic mass is 10.2. The average molecular weight is 378 g/mol. The Hall–Kier alpha value is -3.04. The highest BCUT2D eigenvalue weighted by Gasteiger charge is 2.37. The summed E-state index contributed by atoms with van der Waals surface area (Å²) in [5, 5.41) is 10.8. The van der Waals surface area contributed by atoms with E-state index >= 15 is 0 Å². The number of hydrogen-bond donors (Lipinski definition) is 0. The topological polar surface area (TPSA) is 58.8 Å². The van der Waals surface area contributed by atoms with Gasteiger partial charge in [0.15, 0.2) is 5.65 Å². The van der Waals surface area contributed by atoms with Crippen LogP contribution in [0.2, 0.25) is 0 Å². The quantitative estimate of drug-likeness (QED) is 0.698. The minimum atomic E-state index is -4.60. The molecule has 0 amide bonds. The zero-order valence-electron chi connectivity index (χ0n) is 14.5. The number of fused-ring (bicyclic) bond motifs is 1. The van der Waals surface area contributed by atoms with Crippen LogP contribution in [0.4, 0.5) is 24.7 Å². The zero-order valence-corrected chi connectivity index (χ0v) is 14.5. The number of halogens is 3. The van der Waals surface area contributed by atoms with Gasteiger partial charge in [-0.2, -0.15) is 17.7 Å². The largest absolute Gasteiger partial charge is 0.497 e. The summed E-state index contributed by atoms with van der Waals surface area (Å²) in [4.78, 5) is 4.16. The fourth-order valence-electron chi connectivity index (χ4n) is 3.13. The lowest BCUT2D eigenvalue weighted by Crippen LogP contribution is -2.47. The predicted molar refractivity (Wildman–Crippen MR) is 93.2 cm³/mol. The van der Waals surface area contributed by atoms with Gasteiger partial charge in [0.1, 0.15) is 11.6 Å². The van der Waals surface area contributed by atoms with Crippen LogP contribution >= 0.6 is 0 Å². The molecule has 4 rings (SSSR count). The lowest BCUT2D eigenvalue weighted by molar-refractivity contribution is -0.146. The van der Waals surface area contributed by atoms with E-state index in [-0.39, 0.29) is 5.65 Å². The van der Waals surface area contributed by atoms with Crippen molar-refractivity contribution in [2.45, 2.75) is 6.18 Å². The molecule has 142 valence electrons. The molecule has 1 aliphatic heterocycles. The standard InChI is InChI=1S/C17H17F3N6O/c1-27-13-4-2-3-12(11-13)24-7-9-25(10-8-24)15-6-5-14-21-22-16(17(18,19)20)26(14)23-15/h2-6,11H,7-10H2,1H3. The molecular weight excluding hydrogens is 361 g/mol.